The number of aliphatic hydroxyl groups excluding tert-OH is 1. The van der Waals surface area contributed by atoms with Gasteiger partial charge in [0.05, 0.1) is 18.5 Å². The molecular weight excluding hydrogens is 258 g/mol. The second-order valence-electron chi connectivity index (χ2n) is 4.30. The first-order valence-electron chi connectivity index (χ1n) is 5.55. The van der Waals surface area contributed by atoms with Crippen molar-refractivity contribution < 1.29 is 9.84 Å². The van der Waals surface area contributed by atoms with Crippen LogP contribution < -0.4 is 5.73 Å². The molecule has 0 bridgehead atoms. The van der Waals surface area contributed by atoms with Crippen LogP contribution in [0.4, 0.5) is 5.82 Å². The molecule has 96 valence electrons. The van der Waals surface area contributed by atoms with Gasteiger partial charge in [0, 0.05) is 6.42 Å². The molecule has 3 rings (SSSR count). The number of aliphatic hydroxyl groups is 1. The fourth-order valence-corrected chi connectivity index (χ4v) is 2.26. The van der Waals surface area contributed by atoms with E-state index in [0.29, 0.717) is 17.6 Å². The second-order valence-corrected chi connectivity index (χ2v) is 4.64. The number of hydrogen-bond donors (Lipinski definition) is 2. The van der Waals surface area contributed by atoms with Crippen molar-refractivity contribution in [3.8, 4) is 0 Å². The van der Waals surface area contributed by atoms with Gasteiger partial charge in [-0.05, 0) is 18.5 Å². The van der Waals surface area contributed by atoms with E-state index in [-0.39, 0.29) is 23.4 Å². The summed E-state index contributed by atoms with van der Waals surface area (Å²) < 4.78 is 7.35. The molecular formula is C10H12ClN5O2. The van der Waals surface area contributed by atoms with E-state index < -0.39 is 6.10 Å². The lowest BCUT2D eigenvalue weighted by Crippen LogP contribution is -2.15. The first kappa shape index (κ1) is 11.6. The molecule has 1 fully saturated rings. The number of fused-ring (bicyclic) bond motifs is 1. The van der Waals surface area contributed by atoms with Crippen molar-refractivity contribution >= 4 is 28.6 Å². The maximum atomic E-state index is 9.71. The standard InChI is InChI=1S/C10H12ClN5O2/c1-4-5(17)2-6(18-4)16-3-13-7-8(12)14-10(11)15-9(7)16/h3-6,17H,2H2,1H3,(H2,12,14,15)/t4-,5-,6-/m1/s1. The number of anilines is 1. The first-order valence-corrected chi connectivity index (χ1v) is 5.93. The van der Waals surface area contributed by atoms with Crippen molar-refractivity contribution in [3.63, 3.8) is 0 Å². The molecule has 3 atom stereocenters. The van der Waals surface area contributed by atoms with E-state index >= 15 is 0 Å². The Morgan fingerprint density at radius 1 is 1.56 bits per heavy atom. The normalized spacial score (nSPS) is 28.1. The smallest absolute Gasteiger partial charge is 0.226 e. The fraction of sp³-hybridized carbons (Fsp3) is 0.500. The van der Waals surface area contributed by atoms with Crippen LogP contribution in [0.3, 0.4) is 0 Å². The minimum atomic E-state index is -0.498. The van der Waals surface area contributed by atoms with E-state index in [9.17, 15) is 5.11 Å². The molecule has 0 aliphatic carbocycles. The number of rotatable bonds is 1. The zero-order chi connectivity index (χ0) is 12.9. The molecule has 0 radical (unpaired) electrons. The highest BCUT2D eigenvalue weighted by Crippen LogP contribution is 2.31. The number of imidazole rings is 1. The highest BCUT2D eigenvalue weighted by Gasteiger charge is 2.32. The molecule has 2 aromatic heterocycles. The van der Waals surface area contributed by atoms with Crippen LogP contribution in [-0.4, -0.2) is 36.8 Å². The predicted molar refractivity (Wildman–Crippen MR) is 65.0 cm³/mol. The van der Waals surface area contributed by atoms with E-state index in [2.05, 4.69) is 15.0 Å². The van der Waals surface area contributed by atoms with Crippen molar-refractivity contribution in [1.82, 2.24) is 19.5 Å². The summed E-state index contributed by atoms with van der Waals surface area (Å²) in [5.41, 5.74) is 6.72. The maximum Gasteiger partial charge on any atom is 0.226 e. The van der Waals surface area contributed by atoms with Crippen molar-refractivity contribution in [3.05, 3.63) is 11.6 Å². The van der Waals surface area contributed by atoms with E-state index in [4.69, 9.17) is 22.1 Å². The van der Waals surface area contributed by atoms with E-state index in [0.717, 1.165) is 0 Å². The zero-order valence-electron chi connectivity index (χ0n) is 9.62. The van der Waals surface area contributed by atoms with Gasteiger partial charge in [-0.2, -0.15) is 9.97 Å². The Labute approximate surface area is 108 Å². The Kier molecular flexibility index (Phi) is 2.61. The molecule has 3 heterocycles. The van der Waals surface area contributed by atoms with Gasteiger partial charge >= 0.3 is 0 Å². The number of ether oxygens (including phenoxy) is 1. The molecule has 0 aromatic carbocycles. The van der Waals surface area contributed by atoms with Crippen LogP contribution in [-0.2, 0) is 4.74 Å². The number of hydrogen-bond acceptors (Lipinski definition) is 6. The topological polar surface area (TPSA) is 99.1 Å². The Balaban J connectivity index is 2.08. The van der Waals surface area contributed by atoms with Crippen molar-refractivity contribution in [1.29, 1.82) is 0 Å². The van der Waals surface area contributed by atoms with Crippen LogP contribution in [0.25, 0.3) is 11.2 Å². The lowest BCUT2D eigenvalue weighted by atomic mass is 10.2. The number of halogens is 1. The summed E-state index contributed by atoms with van der Waals surface area (Å²) in [7, 11) is 0. The lowest BCUT2D eigenvalue weighted by Gasteiger charge is -2.12. The third kappa shape index (κ3) is 1.71. The highest BCUT2D eigenvalue weighted by molar-refractivity contribution is 6.28. The molecule has 8 heteroatoms. The number of nitrogen functional groups attached to an aromatic ring is 1. The summed E-state index contributed by atoms with van der Waals surface area (Å²) in [6, 6.07) is 0. The fourth-order valence-electron chi connectivity index (χ4n) is 2.09. The Bertz CT molecular complexity index is 591. The summed E-state index contributed by atoms with van der Waals surface area (Å²) in [6.07, 6.45) is 1.02. The summed E-state index contributed by atoms with van der Waals surface area (Å²) in [5.74, 6) is 0.232. The van der Waals surface area contributed by atoms with Crippen molar-refractivity contribution in [2.45, 2.75) is 31.8 Å². The molecule has 2 aromatic rings. The van der Waals surface area contributed by atoms with Crippen LogP contribution in [0.2, 0.25) is 5.28 Å². The van der Waals surface area contributed by atoms with Crippen LogP contribution >= 0.6 is 11.6 Å². The lowest BCUT2D eigenvalue weighted by molar-refractivity contribution is -0.00632. The van der Waals surface area contributed by atoms with Crippen molar-refractivity contribution in [2.24, 2.45) is 0 Å². The quantitative estimate of drug-likeness (QED) is 0.741. The molecule has 1 aliphatic rings. The average molecular weight is 270 g/mol. The Hall–Kier alpha value is -1.44. The molecule has 0 unspecified atom stereocenters. The summed E-state index contributed by atoms with van der Waals surface area (Å²) in [5, 5.41) is 9.77. The Morgan fingerprint density at radius 3 is 3.00 bits per heavy atom. The van der Waals surface area contributed by atoms with Gasteiger partial charge in [-0.15, -0.1) is 0 Å². The summed E-state index contributed by atoms with van der Waals surface area (Å²) in [4.78, 5) is 12.1. The van der Waals surface area contributed by atoms with Gasteiger partial charge in [-0.1, -0.05) is 0 Å². The highest BCUT2D eigenvalue weighted by atomic mass is 35.5. The van der Waals surface area contributed by atoms with Crippen LogP contribution in [0.15, 0.2) is 6.33 Å². The zero-order valence-corrected chi connectivity index (χ0v) is 10.4. The van der Waals surface area contributed by atoms with E-state index in [1.54, 1.807) is 10.9 Å². The van der Waals surface area contributed by atoms with Crippen LogP contribution in [0.5, 0.6) is 0 Å². The SMILES string of the molecule is C[C@H]1O[C@@H](n2cnc3c(N)nc(Cl)nc32)C[C@H]1O. The molecule has 1 saturated heterocycles. The minimum absolute atomic E-state index is 0.0633. The summed E-state index contributed by atoms with van der Waals surface area (Å²) >= 11 is 5.78. The molecule has 0 amide bonds. The molecule has 3 N–H and O–H groups in total. The van der Waals surface area contributed by atoms with Gasteiger partial charge in [-0.25, -0.2) is 4.98 Å². The largest absolute Gasteiger partial charge is 0.390 e. The average Bonchev–Trinajstić information content (AvgIpc) is 2.83. The molecule has 0 saturated carbocycles. The molecule has 1 aliphatic heterocycles. The third-order valence-electron chi connectivity index (χ3n) is 3.09. The number of aromatic nitrogens is 4. The third-order valence-corrected chi connectivity index (χ3v) is 3.26. The predicted octanol–water partition coefficient (Wildman–Crippen LogP) is 0.730. The molecule has 18 heavy (non-hydrogen) atoms. The monoisotopic (exact) mass is 269 g/mol. The number of nitrogens with two attached hydrogens (primary N) is 1. The first-order chi connectivity index (χ1) is 8.56. The summed E-state index contributed by atoms with van der Waals surface area (Å²) in [6.45, 7) is 1.82. The maximum absolute atomic E-state index is 9.71. The second kappa shape index (κ2) is 4.04. The molecule has 0 spiro atoms. The van der Waals surface area contributed by atoms with Gasteiger partial charge < -0.3 is 15.6 Å². The van der Waals surface area contributed by atoms with Crippen LogP contribution in [0.1, 0.15) is 19.6 Å². The molecule has 7 nitrogen and oxygen atoms in total. The van der Waals surface area contributed by atoms with Gasteiger partial charge in [0.2, 0.25) is 5.28 Å². The van der Waals surface area contributed by atoms with Gasteiger partial charge in [-0.3, -0.25) is 4.57 Å². The van der Waals surface area contributed by atoms with Crippen LogP contribution in [0, 0.1) is 0 Å². The number of nitrogens with zero attached hydrogens (tertiary/aromatic N) is 4. The van der Waals surface area contributed by atoms with Crippen molar-refractivity contribution in [2.75, 3.05) is 5.73 Å². The van der Waals surface area contributed by atoms with E-state index in [1.807, 2.05) is 6.92 Å². The Morgan fingerprint density at radius 2 is 2.33 bits per heavy atom. The minimum Gasteiger partial charge on any atom is -0.390 e. The van der Waals surface area contributed by atoms with Gasteiger partial charge in [0.15, 0.2) is 11.5 Å². The van der Waals surface area contributed by atoms with Gasteiger partial charge in [0.1, 0.15) is 11.7 Å². The van der Waals surface area contributed by atoms with E-state index in [1.165, 1.54) is 0 Å². The van der Waals surface area contributed by atoms with Gasteiger partial charge in [0.25, 0.3) is 0 Å².